The highest BCUT2D eigenvalue weighted by Crippen LogP contribution is 2.35. The van der Waals surface area contributed by atoms with Gasteiger partial charge in [-0.15, -0.1) is 0 Å². The summed E-state index contributed by atoms with van der Waals surface area (Å²) < 4.78 is 6.44. The van der Waals surface area contributed by atoms with Crippen LogP contribution in [0.1, 0.15) is 66.9 Å². The first-order chi connectivity index (χ1) is 18.3. The zero-order chi connectivity index (χ0) is 28.5. The summed E-state index contributed by atoms with van der Waals surface area (Å²) in [5, 5.41) is 11.8. The van der Waals surface area contributed by atoms with Gasteiger partial charge in [-0.2, -0.15) is 5.10 Å². The van der Waals surface area contributed by atoms with Crippen molar-refractivity contribution in [2.24, 2.45) is 0 Å². The average Bonchev–Trinajstić information content (AvgIpc) is 3.23. The Balaban J connectivity index is 1.77. The first-order valence-electron chi connectivity index (χ1n) is 13.0. The number of rotatable bonds is 7. The molecule has 0 bridgehead atoms. The summed E-state index contributed by atoms with van der Waals surface area (Å²) >= 11 is 0. The van der Waals surface area contributed by atoms with E-state index in [0.29, 0.717) is 23.1 Å². The van der Waals surface area contributed by atoms with E-state index in [-0.39, 0.29) is 29.1 Å². The highest BCUT2D eigenvalue weighted by Gasteiger charge is 2.33. The number of carbonyl (C=O) groups excluding carboxylic acids is 2. The molecule has 0 saturated carbocycles. The summed E-state index contributed by atoms with van der Waals surface area (Å²) in [5.41, 5.74) is 4.84. The minimum absolute atomic E-state index is 0.106. The molecule has 3 heterocycles. The van der Waals surface area contributed by atoms with Crippen molar-refractivity contribution >= 4 is 28.4 Å². The number of benzene rings is 1. The highest BCUT2D eigenvalue weighted by molar-refractivity contribution is 6.07. The number of allylic oxidation sites excluding steroid dienone is 1. The molecule has 0 spiro atoms. The Morgan fingerprint density at radius 1 is 1.18 bits per heavy atom. The second-order valence-electron chi connectivity index (χ2n) is 11.4. The fourth-order valence-corrected chi connectivity index (χ4v) is 5.48. The Labute approximate surface area is 228 Å². The van der Waals surface area contributed by atoms with Gasteiger partial charge in [0.15, 0.2) is 0 Å². The largest absolute Gasteiger partial charge is 0.466 e. The standard InChI is InChI=1S/C30H37N5O4/c1-18-11-19(2)33-28(38)23(18)16-31-27(37)22-12-20(21-14-29(3,4)34-30(5,6)15-21)13-25-24(22)17-32-35(25)10-8-9-26(36)39-7/h8-9,11-14,17,34H,10,15-16H2,1-7H3,(H,31,37)(H,33,38)/b9-8+. The Kier molecular flexibility index (Phi) is 7.66. The molecule has 0 fully saturated rings. The predicted octanol–water partition coefficient (Wildman–Crippen LogP) is 3.93. The number of aryl methyl sites for hydroxylation is 2. The molecule has 1 aromatic carbocycles. The number of methoxy groups -OCH3 is 1. The van der Waals surface area contributed by atoms with Gasteiger partial charge in [0, 0.05) is 40.3 Å². The SMILES string of the molecule is COC(=O)/C=C/Cn1ncc2c(C(=O)NCc3c(C)cc(C)[nH]c3=O)cc(C3=CC(C)(C)NC(C)(C)C3)cc21. The fourth-order valence-electron chi connectivity index (χ4n) is 5.48. The van der Waals surface area contributed by atoms with Crippen LogP contribution >= 0.6 is 0 Å². The third-order valence-corrected chi connectivity index (χ3v) is 6.86. The minimum atomic E-state index is -0.446. The van der Waals surface area contributed by atoms with Crippen LogP contribution < -0.4 is 16.2 Å². The molecule has 0 atom stereocenters. The number of hydrogen-bond donors (Lipinski definition) is 3. The lowest BCUT2D eigenvalue weighted by Crippen LogP contribution is -2.53. The number of H-pyrrole nitrogens is 1. The van der Waals surface area contributed by atoms with Gasteiger partial charge in [0.2, 0.25) is 0 Å². The van der Waals surface area contributed by atoms with E-state index in [0.717, 1.165) is 34.3 Å². The van der Waals surface area contributed by atoms with E-state index in [2.05, 4.69) is 59.2 Å². The normalized spacial score (nSPS) is 16.3. The highest BCUT2D eigenvalue weighted by atomic mass is 16.5. The summed E-state index contributed by atoms with van der Waals surface area (Å²) in [4.78, 5) is 40.5. The van der Waals surface area contributed by atoms with Gasteiger partial charge in [-0.1, -0.05) is 12.2 Å². The lowest BCUT2D eigenvalue weighted by molar-refractivity contribution is -0.134. The maximum atomic E-state index is 13.6. The van der Waals surface area contributed by atoms with Gasteiger partial charge in [-0.05, 0) is 82.9 Å². The molecule has 2 aromatic heterocycles. The van der Waals surface area contributed by atoms with Crippen molar-refractivity contribution in [1.29, 1.82) is 0 Å². The molecule has 0 saturated heterocycles. The Bertz CT molecular complexity index is 1560. The Hall–Kier alpha value is -3.98. The lowest BCUT2D eigenvalue weighted by atomic mass is 9.80. The molecule has 4 rings (SSSR count). The number of aromatic amines is 1. The van der Waals surface area contributed by atoms with E-state index in [1.54, 1.807) is 17.0 Å². The molecule has 3 N–H and O–H groups in total. The number of hydrogen-bond acceptors (Lipinski definition) is 6. The molecule has 3 aromatic rings. The molecule has 1 aliphatic heterocycles. The van der Waals surface area contributed by atoms with Gasteiger partial charge in [0.25, 0.3) is 11.5 Å². The summed E-state index contributed by atoms with van der Waals surface area (Å²) in [7, 11) is 1.33. The molecule has 39 heavy (non-hydrogen) atoms. The van der Waals surface area contributed by atoms with E-state index in [1.807, 2.05) is 32.0 Å². The quantitative estimate of drug-likeness (QED) is 0.314. The molecular formula is C30H37N5O4. The van der Waals surface area contributed by atoms with Gasteiger partial charge in [-0.25, -0.2) is 4.79 Å². The second-order valence-corrected chi connectivity index (χ2v) is 11.4. The number of amides is 1. The zero-order valence-electron chi connectivity index (χ0n) is 23.7. The van der Waals surface area contributed by atoms with Gasteiger partial charge in [-0.3, -0.25) is 14.3 Å². The van der Waals surface area contributed by atoms with Crippen LogP contribution in [-0.2, 0) is 22.6 Å². The van der Waals surface area contributed by atoms with Crippen LogP contribution in [0.4, 0.5) is 0 Å². The summed E-state index contributed by atoms with van der Waals surface area (Å²) in [5.74, 6) is -0.739. The number of nitrogens with zero attached hydrogens (tertiary/aromatic N) is 2. The van der Waals surface area contributed by atoms with Crippen LogP contribution in [0.5, 0.6) is 0 Å². The van der Waals surface area contributed by atoms with Gasteiger partial charge < -0.3 is 20.4 Å². The lowest BCUT2D eigenvalue weighted by Gasteiger charge is -2.41. The van der Waals surface area contributed by atoms with E-state index >= 15 is 0 Å². The number of nitrogens with one attached hydrogen (secondary N) is 3. The maximum Gasteiger partial charge on any atom is 0.330 e. The molecule has 0 unspecified atom stereocenters. The van der Waals surface area contributed by atoms with Crippen LogP contribution in [0.15, 0.2) is 47.4 Å². The number of carbonyl (C=O) groups is 2. The maximum absolute atomic E-state index is 13.6. The molecule has 9 heteroatoms. The molecule has 206 valence electrons. The fraction of sp³-hybridized carbons (Fsp3) is 0.400. The minimum Gasteiger partial charge on any atom is -0.466 e. The summed E-state index contributed by atoms with van der Waals surface area (Å²) in [6.07, 6.45) is 7.67. The van der Waals surface area contributed by atoms with Crippen LogP contribution in [0.3, 0.4) is 0 Å². The zero-order valence-corrected chi connectivity index (χ0v) is 23.7. The first kappa shape index (κ1) is 28.0. The van der Waals surface area contributed by atoms with Crippen LogP contribution in [0.25, 0.3) is 16.5 Å². The smallest absolute Gasteiger partial charge is 0.330 e. The van der Waals surface area contributed by atoms with Crippen LogP contribution in [0.2, 0.25) is 0 Å². The van der Waals surface area contributed by atoms with Crippen molar-refractivity contribution in [3.8, 4) is 0 Å². The Morgan fingerprint density at radius 3 is 2.59 bits per heavy atom. The van der Waals surface area contributed by atoms with E-state index in [1.165, 1.54) is 13.2 Å². The van der Waals surface area contributed by atoms with E-state index in [9.17, 15) is 14.4 Å². The predicted molar refractivity (Wildman–Crippen MR) is 152 cm³/mol. The molecule has 0 aliphatic carbocycles. The molecule has 9 nitrogen and oxygen atoms in total. The van der Waals surface area contributed by atoms with Crippen molar-refractivity contribution in [1.82, 2.24) is 25.4 Å². The second kappa shape index (κ2) is 10.6. The van der Waals surface area contributed by atoms with Crippen molar-refractivity contribution < 1.29 is 14.3 Å². The summed E-state index contributed by atoms with van der Waals surface area (Å²) in [6.45, 7) is 12.7. The molecule has 1 aliphatic rings. The third-order valence-electron chi connectivity index (χ3n) is 6.86. The van der Waals surface area contributed by atoms with Gasteiger partial charge >= 0.3 is 5.97 Å². The van der Waals surface area contributed by atoms with Crippen molar-refractivity contribution in [2.75, 3.05) is 7.11 Å². The van der Waals surface area contributed by atoms with Crippen molar-refractivity contribution in [3.05, 3.63) is 80.9 Å². The van der Waals surface area contributed by atoms with Crippen molar-refractivity contribution in [3.63, 3.8) is 0 Å². The number of esters is 1. The van der Waals surface area contributed by atoms with Gasteiger partial charge in [0.1, 0.15) is 0 Å². The number of aromatic nitrogens is 3. The average molecular weight is 532 g/mol. The number of fused-ring (bicyclic) bond motifs is 1. The van der Waals surface area contributed by atoms with E-state index in [4.69, 9.17) is 0 Å². The number of ether oxygens (including phenoxy) is 1. The van der Waals surface area contributed by atoms with Crippen LogP contribution in [0, 0.1) is 13.8 Å². The first-order valence-corrected chi connectivity index (χ1v) is 13.0. The van der Waals surface area contributed by atoms with E-state index < -0.39 is 5.97 Å². The topological polar surface area (TPSA) is 118 Å². The van der Waals surface area contributed by atoms with Crippen molar-refractivity contribution in [2.45, 2.75) is 72.1 Å². The Morgan fingerprint density at radius 2 is 1.92 bits per heavy atom. The third kappa shape index (κ3) is 6.37. The summed E-state index contributed by atoms with van der Waals surface area (Å²) in [6, 6.07) is 5.84. The number of pyridine rings is 1. The molecule has 1 amide bonds. The van der Waals surface area contributed by atoms with Crippen LogP contribution in [-0.4, -0.2) is 44.8 Å². The molecular weight excluding hydrogens is 494 g/mol. The molecule has 0 radical (unpaired) electrons. The van der Waals surface area contributed by atoms with Gasteiger partial charge in [0.05, 0.1) is 30.9 Å². The monoisotopic (exact) mass is 531 g/mol.